The maximum Gasteiger partial charge on any atom is 0.247 e. The van der Waals surface area contributed by atoms with Crippen LogP contribution in [0.5, 0.6) is 11.5 Å². The fourth-order valence-corrected chi connectivity index (χ4v) is 3.03. The summed E-state index contributed by atoms with van der Waals surface area (Å²) < 4.78 is 11.5. The third kappa shape index (κ3) is 6.58. The number of hydrogen-bond donors (Lipinski definition) is 2. The first-order chi connectivity index (χ1) is 14.1. The molecule has 150 valence electrons. The van der Waals surface area contributed by atoms with E-state index in [-0.39, 0.29) is 12.3 Å². The minimum absolute atomic E-state index is 0.0701. The van der Waals surface area contributed by atoms with Crippen molar-refractivity contribution in [3.63, 3.8) is 0 Å². The fourth-order valence-electron chi connectivity index (χ4n) is 2.42. The monoisotopic (exact) mass is 411 g/mol. The molecule has 1 aromatic heterocycles. The number of carbonyl (C=O) groups is 1. The summed E-state index contributed by atoms with van der Waals surface area (Å²) in [4.78, 5) is 11.9. The van der Waals surface area contributed by atoms with E-state index in [0.29, 0.717) is 29.1 Å². The lowest BCUT2D eigenvalue weighted by molar-refractivity contribution is -0.120. The van der Waals surface area contributed by atoms with Crippen molar-refractivity contribution in [3.05, 3.63) is 64.7 Å². The van der Waals surface area contributed by atoms with Crippen molar-refractivity contribution in [1.82, 2.24) is 15.6 Å². The zero-order valence-corrected chi connectivity index (χ0v) is 16.7. The summed E-state index contributed by atoms with van der Waals surface area (Å²) in [5, 5.41) is 12.3. The molecule has 0 radical (unpaired) electrons. The molecular weight excluding hydrogens is 390 g/mol. The number of aromatic nitrogens is 2. The van der Waals surface area contributed by atoms with Crippen LogP contribution in [0.15, 0.2) is 53.6 Å². The van der Waals surface area contributed by atoms with E-state index in [1.165, 1.54) is 17.6 Å². The molecule has 0 atom stereocenters. The first-order valence-corrected chi connectivity index (χ1v) is 9.73. The average Bonchev–Trinajstić information content (AvgIpc) is 3.11. The summed E-state index contributed by atoms with van der Waals surface area (Å²) in [5.41, 5.74) is 9.84. The van der Waals surface area contributed by atoms with E-state index in [0.717, 1.165) is 16.9 Å². The van der Waals surface area contributed by atoms with Gasteiger partial charge in [0.2, 0.25) is 11.0 Å². The van der Waals surface area contributed by atoms with Gasteiger partial charge in [-0.3, -0.25) is 4.79 Å². The molecule has 0 saturated heterocycles. The molecule has 1 amide bonds. The molecule has 0 aliphatic heterocycles. The number of hydrogen-bond acceptors (Lipinski definition) is 8. The summed E-state index contributed by atoms with van der Waals surface area (Å²) in [6, 6.07) is 15.3. The third-order valence-electron chi connectivity index (χ3n) is 3.71. The van der Waals surface area contributed by atoms with Crippen molar-refractivity contribution >= 4 is 28.6 Å². The van der Waals surface area contributed by atoms with Crippen LogP contribution in [0, 0.1) is 6.92 Å². The third-order valence-corrected chi connectivity index (χ3v) is 4.46. The van der Waals surface area contributed by atoms with Crippen molar-refractivity contribution in [1.29, 1.82) is 0 Å². The quantitative estimate of drug-likeness (QED) is 0.318. The Bertz CT molecular complexity index is 990. The minimum atomic E-state index is -0.303. The molecule has 3 aromatic rings. The SMILES string of the molecule is Cc1cccc(OCCOc2ccccc2/C=N/NC(=O)Cc2nnc(N)s2)c1. The van der Waals surface area contributed by atoms with Crippen molar-refractivity contribution in [2.24, 2.45) is 5.10 Å². The standard InChI is InChI=1S/C20H21N5O3S/c1-14-5-4-7-16(11-14)27-9-10-28-17-8-3-2-6-15(17)13-22-23-18(26)12-19-24-25-20(21)29-19/h2-8,11,13H,9-10,12H2,1H3,(H2,21,25)(H,23,26)/b22-13+. The highest BCUT2D eigenvalue weighted by atomic mass is 32.1. The molecule has 8 nitrogen and oxygen atoms in total. The number of ether oxygens (including phenoxy) is 2. The largest absolute Gasteiger partial charge is 0.490 e. The molecule has 0 aliphatic carbocycles. The number of nitrogens with two attached hydrogens (primary N) is 1. The minimum Gasteiger partial charge on any atom is -0.490 e. The number of carbonyl (C=O) groups excluding carboxylic acids is 1. The number of amides is 1. The summed E-state index contributed by atoms with van der Waals surface area (Å²) in [6.45, 7) is 2.81. The molecule has 3 N–H and O–H groups in total. The van der Waals surface area contributed by atoms with E-state index < -0.39 is 0 Å². The topological polar surface area (TPSA) is 112 Å². The molecule has 29 heavy (non-hydrogen) atoms. The van der Waals surface area contributed by atoms with Crippen LogP contribution in [0.1, 0.15) is 16.1 Å². The number of benzene rings is 2. The summed E-state index contributed by atoms with van der Waals surface area (Å²) >= 11 is 1.17. The average molecular weight is 411 g/mol. The molecule has 0 saturated carbocycles. The van der Waals surface area contributed by atoms with Crippen molar-refractivity contribution in [3.8, 4) is 11.5 Å². The highest BCUT2D eigenvalue weighted by molar-refractivity contribution is 7.15. The summed E-state index contributed by atoms with van der Waals surface area (Å²) in [6.07, 6.45) is 1.60. The number of anilines is 1. The Morgan fingerprint density at radius 3 is 2.79 bits per heavy atom. The number of rotatable bonds is 9. The molecular formula is C20H21N5O3S. The van der Waals surface area contributed by atoms with E-state index in [2.05, 4.69) is 20.7 Å². The van der Waals surface area contributed by atoms with E-state index >= 15 is 0 Å². The molecule has 0 fully saturated rings. The Kier molecular flexibility index (Phi) is 7.12. The lowest BCUT2D eigenvalue weighted by Gasteiger charge is -2.10. The number of nitrogens with one attached hydrogen (secondary N) is 1. The van der Waals surface area contributed by atoms with Crippen LogP contribution in [0.3, 0.4) is 0 Å². The Balaban J connectivity index is 1.47. The smallest absolute Gasteiger partial charge is 0.247 e. The molecule has 3 rings (SSSR count). The number of nitrogen functional groups attached to an aromatic ring is 1. The second kappa shape index (κ2) is 10.2. The van der Waals surface area contributed by atoms with Gasteiger partial charge in [0.05, 0.1) is 12.6 Å². The van der Waals surface area contributed by atoms with Crippen LogP contribution in [0.2, 0.25) is 0 Å². The number of hydrazone groups is 1. The lowest BCUT2D eigenvalue weighted by atomic mass is 10.2. The van der Waals surface area contributed by atoms with E-state index in [4.69, 9.17) is 15.2 Å². The normalized spacial score (nSPS) is 10.8. The highest BCUT2D eigenvalue weighted by Crippen LogP contribution is 2.16. The zero-order chi connectivity index (χ0) is 20.5. The second-order valence-electron chi connectivity index (χ2n) is 6.06. The predicted molar refractivity (Wildman–Crippen MR) is 112 cm³/mol. The Morgan fingerprint density at radius 1 is 1.17 bits per heavy atom. The summed E-state index contributed by atoms with van der Waals surface area (Å²) in [7, 11) is 0. The van der Waals surface area contributed by atoms with Gasteiger partial charge in [0, 0.05) is 5.56 Å². The van der Waals surface area contributed by atoms with E-state index in [1.54, 1.807) is 0 Å². The van der Waals surface area contributed by atoms with Gasteiger partial charge in [0.1, 0.15) is 29.7 Å². The van der Waals surface area contributed by atoms with Crippen LogP contribution >= 0.6 is 11.3 Å². The molecule has 2 aromatic carbocycles. The number of nitrogens with zero attached hydrogens (tertiary/aromatic N) is 3. The molecule has 0 spiro atoms. The van der Waals surface area contributed by atoms with E-state index in [9.17, 15) is 4.79 Å². The van der Waals surface area contributed by atoms with Gasteiger partial charge in [-0.15, -0.1) is 10.2 Å². The van der Waals surface area contributed by atoms with Crippen LogP contribution in [0.25, 0.3) is 0 Å². The molecule has 0 unspecified atom stereocenters. The van der Waals surface area contributed by atoms with Crippen molar-refractivity contribution < 1.29 is 14.3 Å². The van der Waals surface area contributed by atoms with Gasteiger partial charge >= 0.3 is 0 Å². The van der Waals surface area contributed by atoms with Gasteiger partial charge in [0.25, 0.3) is 0 Å². The Hall–Kier alpha value is -3.46. The van der Waals surface area contributed by atoms with Gasteiger partial charge in [-0.2, -0.15) is 5.10 Å². The van der Waals surface area contributed by atoms with Crippen LogP contribution < -0.4 is 20.6 Å². The molecule has 0 aliphatic rings. The maximum atomic E-state index is 11.9. The number of para-hydroxylation sites is 1. The predicted octanol–water partition coefficient (Wildman–Crippen LogP) is 2.58. The van der Waals surface area contributed by atoms with Crippen molar-refractivity contribution in [2.45, 2.75) is 13.3 Å². The maximum absolute atomic E-state index is 11.9. The van der Waals surface area contributed by atoms with Gasteiger partial charge in [-0.1, -0.05) is 35.6 Å². The highest BCUT2D eigenvalue weighted by Gasteiger charge is 2.07. The van der Waals surface area contributed by atoms with Gasteiger partial charge < -0.3 is 15.2 Å². The first-order valence-electron chi connectivity index (χ1n) is 8.91. The molecule has 0 bridgehead atoms. The van der Waals surface area contributed by atoms with Crippen LogP contribution in [0.4, 0.5) is 5.13 Å². The van der Waals surface area contributed by atoms with Gasteiger partial charge in [-0.25, -0.2) is 5.43 Å². The van der Waals surface area contributed by atoms with Gasteiger partial charge in [-0.05, 0) is 36.8 Å². The second-order valence-corrected chi connectivity index (χ2v) is 7.15. The lowest BCUT2D eigenvalue weighted by Crippen LogP contribution is -2.19. The van der Waals surface area contributed by atoms with Crippen LogP contribution in [-0.2, 0) is 11.2 Å². The Labute approximate surface area is 172 Å². The zero-order valence-electron chi connectivity index (χ0n) is 15.9. The van der Waals surface area contributed by atoms with Crippen molar-refractivity contribution in [2.75, 3.05) is 18.9 Å². The Morgan fingerprint density at radius 2 is 2.00 bits per heavy atom. The van der Waals surface area contributed by atoms with Crippen LogP contribution in [-0.4, -0.2) is 35.5 Å². The fraction of sp³-hybridized carbons (Fsp3) is 0.200. The first kappa shape index (κ1) is 20.3. The number of aryl methyl sites for hydroxylation is 1. The summed E-state index contributed by atoms with van der Waals surface area (Å²) in [5.74, 6) is 1.15. The molecule has 9 heteroatoms. The van der Waals surface area contributed by atoms with Gasteiger partial charge in [0.15, 0.2) is 0 Å². The van der Waals surface area contributed by atoms with E-state index in [1.807, 2.05) is 55.5 Å². The molecule has 1 heterocycles.